The molecular formula is C29H56O4. The van der Waals surface area contributed by atoms with Crippen molar-refractivity contribution in [2.75, 3.05) is 0 Å². The van der Waals surface area contributed by atoms with E-state index in [1.54, 1.807) is 13.8 Å². The Labute approximate surface area is 206 Å². The average molecular weight is 469 g/mol. The van der Waals surface area contributed by atoms with Gasteiger partial charge in [0.05, 0.1) is 5.60 Å². The fraction of sp³-hybridized carbons (Fsp3) is 0.931. The Morgan fingerprint density at radius 3 is 1.48 bits per heavy atom. The van der Waals surface area contributed by atoms with E-state index in [2.05, 4.69) is 27.7 Å². The highest BCUT2D eigenvalue weighted by molar-refractivity contribution is 5.90. The lowest BCUT2D eigenvalue weighted by Crippen LogP contribution is -2.41. The first-order valence-electron chi connectivity index (χ1n) is 14.0. The maximum Gasteiger partial charge on any atom is 0.335 e. The molecule has 0 N–H and O–H groups in total. The fourth-order valence-electron chi connectivity index (χ4n) is 4.63. The van der Waals surface area contributed by atoms with Crippen LogP contribution in [0.15, 0.2) is 0 Å². The molecule has 0 fully saturated rings. The molecule has 0 spiro atoms. The molecule has 33 heavy (non-hydrogen) atoms. The van der Waals surface area contributed by atoms with Crippen molar-refractivity contribution < 1.29 is 19.1 Å². The number of carbonyl (C=O) groups excluding carboxylic acids is 2. The van der Waals surface area contributed by atoms with Crippen LogP contribution >= 0.6 is 0 Å². The van der Waals surface area contributed by atoms with Crippen LogP contribution in [0.2, 0.25) is 0 Å². The van der Waals surface area contributed by atoms with Crippen LogP contribution in [0.1, 0.15) is 152 Å². The number of esters is 1. The summed E-state index contributed by atoms with van der Waals surface area (Å²) >= 11 is 0. The number of hydrogen-bond acceptors (Lipinski definition) is 4. The summed E-state index contributed by atoms with van der Waals surface area (Å²) in [6.45, 7) is 16.2. The second-order valence-electron chi connectivity index (χ2n) is 11.0. The van der Waals surface area contributed by atoms with Crippen LogP contribution in [0.5, 0.6) is 0 Å². The second-order valence-corrected chi connectivity index (χ2v) is 11.0. The van der Waals surface area contributed by atoms with Crippen LogP contribution in [0.4, 0.5) is 0 Å². The molecule has 0 rings (SSSR count). The molecule has 0 aliphatic carbocycles. The van der Waals surface area contributed by atoms with Gasteiger partial charge in [0.25, 0.3) is 0 Å². The first-order valence-corrected chi connectivity index (χ1v) is 14.0. The summed E-state index contributed by atoms with van der Waals surface area (Å²) in [5.41, 5.74) is -0.809. The molecular weight excluding hydrogens is 412 g/mol. The Hall–Kier alpha value is -0.900. The average Bonchev–Trinajstić information content (AvgIpc) is 2.76. The van der Waals surface area contributed by atoms with Crippen molar-refractivity contribution >= 4 is 11.8 Å². The molecule has 0 amide bonds. The van der Waals surface area contributed by atoms with Gasteiger partial charge in [0.1, 0.15) is 0 Å². The number of ketones is 1. The van der Waals surface area contributed by atoms with E-state index >= 15 is 0 Å². The van der Waals surface area contributed by atoms with Crippen LogP contribution in [0, 0.1) is 5.41 Å². The molecule has 2 unspecified atom stereocenters. The lowest BCUT2D eigenvalue weighted by atomic mass is 9.74. The summed E-state index contributed by atoms with van der Waals surface area (Å²) in [5.74, 6) is -0.369. The van der Waals surface area contributed by atoms with E-state index in [4.69, 9.17) is 9.47 Å². The molecule has 0 heterocycles. The maximum absolute atomic E-state index is 13.4. The minimum Gasteiger partial charge on any atom is -0.453 e. The van der Waals surface area contributed by atoms with Gasteiger partial charge in [-0.3, -0.25) is 4.79 Å². The van der Waals surface area contributed by atoms with Crippen molar-refractivity contribution in [1.82, 2.24) is 0 Å². The number of ether oxygens (including phenoxy) is 2. The molecule has 0 radical (unpaired) electrons. The second kappa shape index (κ2) is 17.5. The maximum atomic E-state index is 13.4. The zero-order chi connectivity index (χ0) is 25.3. The van der Waals surface area contributed by atoms with Gasteiger partial charge >= 0.3 is 5.97 Å². The molecule has 196 valence electrons. The first-order chi connectivity index (χ1) is 15.5. The summed E-state index contributed by atoms with van der Waals surface area (Å²) in [5, 5.41) is 0. The Morgan fingerprint density at radius 1 is 0.636 bits per heavy atom. The van der Waals surface area contributed by atoms with Crippen molar-refractivity contribution in [3.63, 3.8) is 0 Å². The zero-order valence-electron chi connectivity index (χ0n) is 23.4. The predicted molar refractivity (Wildman–Crippen MR) is 140 cm³/mol. The van der Waals surface area contributed by atoms with Crippen molar-refractivity contribution in [3.8, 4) is 0 Å². The van der Waals surface area contributed by atoms with Gasteiger partial charge in [0.2, 0.25) is 0 Å². The van der Waals surface area contributed by atoms with Crippen molar-refractivity contribution in [1.29, 1.82) is 0 Å². The quantitative estimate of drug-likeness (QED) is 0.125. The van der Waals surface area contributed by atoms with E-state index < -0.39 is 23.6 Å². The minimum atomic E-state index is -0.737. The van der Waals surface area contributed by atoms with Gasteiger partial charge in [-0.05, 0) is 47.0 Å². The Balaban J connectivity index is 4.91. The van der Waals surface area contributed by atoms with E-state index in [1.165, 1.54) is 44.9 Å². The molecule has 0 saturated carbocycles. The Bertz CT molecular complexity index is 514. The zero-order valence-corrected chi connectivity index (χ0v) is 23.4. The molecule has 0 aromatic carbocycles. The van der Waals surface area contributed by atoms with Crippen molar-refractivity contribution in [2.24, 2.45) is 5.41 Å². The lowest BCUT2D eigenvalue weighted by molar-refractivity contribution is -0.175. The van der Waals surface area contributed by atoms with Crippen LogP contribution < -0.4 is 0 Å². The van der Waals surface area contributed by atoms with Crippen LogP contribution in [0.25, 0.3) is 0 Å². The molecule has 0 aliphatic heterocycles. The molecule has 2 atom stereocenters. The van der Waals surface area contributed by atoms with Crippen molar-refractivity contribution in [2.45, 2.75) is 170 Å². The normalized spacial score (nSPS) is 14.2. The van der Waals surface area contributed by atoms with E-state index in [0.717, 1.165) is 51.4 Å². The lowest BCUT2D eigenvalue weighted by Gasteiger charge is -2.32. The Morgan fingerprint density at radius 2 is 1.06 bits per heavy atom. The molecule has 0 saturated heterocycles. The SMILES string of the molecule is CCCCCCC(C)(C)OC(C)C(=O)OC(C)C(=O)C(C)(CCCCCC)CCCCCC. The van der Waals surface area contributed by atoms with Gasteiger partial charge in [-0.1, -0.05) is 105 Å². The standard InChI is InChI=1S/C29H56O4/c1-9-12-15-18-21-28(6,7)33-25(5)27(31)32-24(4)26(30)29(8,22-19-16-13-10-2)23-20-17-14-11-3/h24-25H,9-23H2,1-8H3. The number of carbonyl (C=O) groups is 2. The van der Waals surface area contributed by atoms with Gasteiger partial charge in [-0.2, -0.15) is 0 Å². The molecule has 0 aromatic heterocycles. The third-order valence-corrected chi connectivity index (χ3v) is 6.88. The van der Waals surface area contributed by atoms with Gasteiger partial charge in [0.15, 0.2) is 18.0 Å². The minimum absolute atomic E-state index is 0.0647. The summed E-state index contributed by atoms with van der Waals surface area (Å²) in [6.07, 6.45) is 15.1. The summed E-state index contributed by atoms with van der Waals surface area (Å²) in [6, 6.07) is 0. The highest BCUT2D eigenvalue weighted by Gasteiger charge is 2.37. The molecule has 0 bridgehead atoms. The van der Waals surface area contributed by atoms with E-state index in [0.29, 0.717) is 0 Å². The largest absolute Gasteiger partial charge is 0.453 e. The third-order valence-electron chi connectivity index (χ3n) is 6.88. The topological polar surface area (TPSA) is 52.6 Å². The highest BCUT2D eigenvalue weighted by atomic mass is 16.6. The number of Topliss-reactive ketones (excluding diaryl/α,β-unsaturated/α-hetero) is 1. The van der Waals surface area contributed by atoms with Crippen LogP contribution in [-0.4, -0.2) is 29.6 Å². The fourth-order valence-corrected chi connectivity index (χ4v) is 4.63. The molecule has 4 nitrogen and oxygen atoms in total. The van der Waals surface area contributed by atoms with Gasteiger partial charge < -0.3 is 9.47 Å². The third kappa shape index (κ3) is 14.2. The molecule has 4 heteroatoms. The summed E-state index contributed by atoms with van der Waals surface area (Å²) < 4.78 is 11.7. The van der Waals surface area contributed by atoms with E-state index in [9.17, 15) is 9.59 Å². The van der Waals surface area contributed by atoms with Crippen LogP contribution in [-0.2, 0) is 19.1 Å². The van der Waals surface area contributed by atoms with Crippen LogP contribution in [0.3, 0.4) is 0 Å². The molecule has 0 aliphatic rings. The summed E-state index contributed by atoms with van der Waals surface area (Å²) in [7, 11) is 0. The molecule has 0 aromatic rings. The Kier molecular flexibility index (Phi) is 17.0. The monoisotopic (exact) mass is 468 g/mol. The number of unbranched alkanes of at least 4 members (excludes halogenated alkanes) is 9. The van der Waals surface area contributed by atoms with Crippen molar-refractivity contribution in [3.05, 3.63) is 0 Å². The first kappa shape index (κ1) is 32.1. The predicted octanol–water partition coefficient (Wildman–Crippen LogP) is 8.59. The van der Waals surface area contributed by atoms with Gasteiger partial charge in [-0.25, -0.2) is 4.79 Å². The highest BCUT2D eigenvalue weighted by Crippen LogP contribution is 2.34. The van der Waals surface area contributed by atoms with Gasteiger partial charge in [0, 0.05) is 5.41 Å². The van der Waals surface area contributed by atoms with E-state index in [1.807, 2.05) is 13.8 Å². The number of hydrogen-bond donors (Lipinski definition) is 0. The number of rotatable bonds is 21. The van der Waals surface area contributed by atoms with E-state index in [-0.39, 0.29) is 11.4 Å². The summed E-state index contributed by atoms with van der Waals surface area (Å²) in [4.78, 5) is 26.2. The van der Waals surface area contributed by atoms with Gasteiger partial charge in [-0.15, -0.1) is 0 Å². The smallest absolute Gasteiger partial charge is 0.335 e.